The Morgan fingerprint density at radius 1 is 1.28 bits per heavy atom. The van der Waals surface area contributed by atoms with E-state index in [1.807, 2.05) is 0 Å². The van der Waals surface area contributed by atoms with E-state index in [-0.39, 0.29) is 17.1 Å². The van der Waals surface area contributed by atoms with Crippen LogP contribution in [0.1, 0.15) is 42.3 Å². The number of esters is 2. The molecule has 1 aliphatic heterocycles. The van der Waals surface area contributed by atoms with Crippen molar-refractivity contribution in [3.63, 3.8) is 0 Å². The summed E-state index contributed by atoms with van der Waals surface area (Å²) in [5.74, 6) is -1.74. The molecule has 1 aromatic carbocycles. The number of hydrogen-bond acceptors (Lipinski definition) is 9. The topological polar surface area (TPSA) is 140 Å². The Morgan fingerprint density at radius 2 is 1.97 bits per heavy atom. The largest absolute Gasteiger partial charge is 0.508 e. The van der Waals surface area contributed by atoms with Crippen LogP contribution in [-0.4, -0.2) is 66.2 Å². The van der Waals surface area contributed by atoms with Gasteiger partial charge in [0.15, 0.2) is 0 Å². The minimum absolute atomic E-state index is 0.0774. The molecule has 0 unspecified atom stereocenters. The second-order valence-corrected chi connectivity index (χ2v) is 9.17. The molecule has 1 aromatic rings. The van der Waals surface area contributed by atoms with E-state index in [1.54, 1.807) is 33.8 Å². The van der Waals surface area contributed by atoms with Crippen LogP contribution >= 0.6 is 11.8 Å². The predicted octanol–water partition coefficient (Wildman–Crippen LogP) is 1.66. The van der Waals surface area contributed by atoms with Gasteiger partial charge in [0.1, 0.15) is 30.0 Å². The first-order valence-corrected chi connectivity index (χ1v) is 11.0. The first-order valence-electron chi connectivity index (χ1n) is 9.87. The number of ether oxygens (including phenoxy) is 3. The van der Waals surface area contributed by atoms with Crippen LogP contribution in [-0.2, 0) is 29.6 Å². The maximum Gasteiger partial charge on any atom is 0.408 e. The number of cyclic esters (lactones) is 1. The molecule has 2 rings (SSSR count). The Labute approximate surface area is 190 Å². The number of hydrogen-bond donors (Lipinski definition) is 3. The van der Waals surface area contributed by atoms with Crippen LogP contribution in [0.15, 0.2) is 12.1 Å². The molecule has 0 aromatic heterocycles. The van der Waals surface area contributed by atoms with Crippen molar-refractivity contribution in [2.75, 3.05) is 19.5 Å². The van der Waals surface area contributed by atoms with E-state index < -0.39 is 48.2 Å². The molecular formula is C21H28N2O8S. The third kappa shape index (κ3) is 6.78. The minimum Gasteiger partial charge on any atom is -0.508 e. The Kier molecular flexibility index (Phi) is 8.37. The fourth-order valence-electron chi connectivity index (χ4n) is 2.90. The molecule has 11 heteroatoms. The van der Waals surface area contributed by atoms with Gasteiger partial charge in [-0.2, -0.15) is 11.8 Å². The summed E-state index contributed by atoms with van der Waals surface area (Å²) in [5.41, 5.74) is 0.281. The SMILES string of the molecule is COC(=O)[C@@H]1CSCc2ccc(O)c(C)c2C(=O)OC[C@H](NC(=O)OC(C)(C)C)C(=O)N1. The van der Waals surface area contributed by atoms with Crippen molar-refractivity contribution in [2.24, 2.45) is 0 Å². The number of fused-ring (bicyclic) bond motifs is 1. The van der Waals surface area contributed by atoms with Crippen molar-refractivity contribution in [1.82, 2.24) is 10.6 Å². The van der Waals surface area contributed by atoms with Gasteiger partial charge in [-0.25, -0.2) is 14.4 Å². The second kappa shape index (κ2) is 10.6. The predicted molar refractivity (Wildman–Crippen MR) is 116 cm³/mol. The van der Waals surface area contributed by atoms with E-state index in [0.29, 0.717) is 16.9 Å². The standard InChI is InChI=1S/C21H28N2O8S/c1-11-15(24)7-6-12-9-32-10-14(18(26)29-5)22-17(25)13(8-30-19(27)16(11)12)23-20(28)31-21(2,3)4/h6-7,13-14,24H,8-10H2,1-5H3,(H,22,25)(H,23,28)/t13-,14-/m0/s1. The molecule has 0 fully saturated rings. The number of aromatic hydroxyl groups is 1. The average Bonchev–Trinajstić information content (AvgIpc) is 2.69. The third-order valence-electron chi connectivity index (χ3n) is 4.46. The highest BCUT2D eigenvalue weighted by Gasteiger charge is 2.31. The first kappa shape index (κ1) is 25.3. The van der Waals surface area contributed by atoms with Crippen LogP contribution in [0.5, 0.6) is 5.75 Å². The molecule has 176 valence electrons. The molecule has 2 atom stereocenters. The Hall–Kier alpha value is -2.95. The summed E-state index contributed by atoms with van der Waals surface area (Å²) in [4.78, 5) is 50.0. The number of thioether (sulfide) groups is 1. The van der Waals surface area contributed by atoms with Crippen LogP contribution in [0.25, 0.3) is 0 Å². The molecule has 10 nitrogen and oxygen atoms in total. The second-order valence-electron chi connectivity index (χ2n) is 8.14. The molecular weight excluding hydrogens is 440 g/mol. The molecule has 0 spiro atoms. The van der Waals surface area contributed by atoms with Gasteiger partial charge in [0.2, 0.25) is 5.91 Å². The number of carbonyl (C=O) groups is 4. The zero-order valence-corrected chi connectivity index (χ0v) is 19.5. The van der Waals surface area contributed by atoms with E-state index in [9.17, 15) is 24.3 Å². The van der Waals surface area contributed by atoms with Crippen LogP contribution in [0.3, 0.4) is 0 Å². The average molecular weight is 469 g/mol. The highest BCUT2D eigenvalue weighted by molar-refractivity contribution is 7.98. The molecule has 0 saturated heterocycles. The summed E-state index contributed by atoms with van der Waals surface area (Å²) >= 11 is 1.29. The van der Waals surface area contributed by atoms with Crippen molar-refractivity contribution < 1.29 is 38.5 Å². The molecule has 0 radical (unpaired) electrons. The number of phenols is 1. The van der Waals surface area contributed by atoms with Crippen LogP contribution in [0.2, 0.25) is 0 Å². The van der Waals surface area contributed by atoms with Crippen molar-refractivity contribution in [3.05, 3.63) is 28.8 Å². The zero-order valence-electron chi connectivity index (χ0n) is 18.6. The highest BCUT2D eigenvalue weighted by Crippen LogP contribution is 2.28. The van der Waals surface area contributed by atoms with E-state index in [4.69, 9.17) is 14.2 Å². The van der Waals surface area contributed by atoms with Crippen molar-refractivity contribution >= 4 is 35.7 Å². The number of rotatable bonds is 2. The lowest BCUT2D eigenvalue weighted by molar-refractivity contribution is -0.144. The minimum atomic E-state index is -1.33. The lowest BCUT2D eigenvalue weighted by atomic mass is 10.0. The van der Waals surface area contributed by atoms with Gasteiger partial charge in [0.25, 0.3) is 0 Å². The van der Waals surface area contributed by atoms with E-state index in [1.165, 1.54) is 24.9 Å². The lowest BCUT2D eigenvalue weighted by Crippen LogP contribution is -2.55. The van der Waals surface area contributed by atoms with E-state index >= 15 is 0 Å². The number of amides is 2. The summed E-state index contributed by atoms with van der Waals surface area (Å²) in [6, 6.07) is 0.754. The molecule has 1 aliphatic rings. The Balaban J connectivity index is 2.37. The van der Waals surface area contributed by atoms with Crippen molar-refractivity contribution in [1.29, 1.82) is 0 Å². The summed E-state index contributed by atoms with van der Waals surface area (Å²) in [5, 5.41) is 14.9. The molecule has 3 N–H and O–H groups in total. The fourth-order valence-corrected chi connectivity index (χ4v) is 3.93. The zero-order chi connectivity index (χ0) is 24.1. The number of carbonyl (C=O) groups excluding carboxylic acids is 4. The monoisotopic (exact) mass is 468 g/mol. The van der Waals surface area contributed by atoms with Gasteiger partial charge in [-0.1, -0.05) is 6.07 Å². The van der Waals surface area contributed by atoms with Gasteiger partial charge in [0, 0.05) is 17.1 Å². The summed E-state index contributed by atoms with van der Waals surface area (Å²) in [6.07, 6.45) is -0.890. The highest BCUT2D eigenvalue weighted by atomic mass is 32.2. The van der Waals surface area contributed by atoms with Crippen molar-refractivity contribution in [3.8, 4) is 5.75 Å². The molecule has 0 bridgehead atoms. The fraction of sp³-hybridized carbons (Fsp3) is 0.524. The Bertz CT molecular complexity index is 897. The maximum absolute atomic E-state index is 12.8. The number of benzene rings is 1. The van der Waals surface area contributed by atoms with E-state index in [2.05, 4.69) is 10.6 Å². The number of alkyl carbamates (subject to hydrolysis) is 1. The maximum atomic E-state index is 12.8. The molecule has 0 saturated carbocycles. The van der Waals surface area contributed by atoms with E-state index in [0.717, 1.165) is 0 Å². The van der Waals surface area contributed by atoms with Gasteiger partial charge >= 0.3 is 18.0 Å². The summed E-state index contributed by atoms with van der Waals surface area (Å²) in [7, 11) is 1.20. The van der Waals surface area contributed by atoms with Crippen LogP contribution < -0.4 is 10.6 Å². The number of nitrogens with one attached hydrogen (secondary N) is 2. The van der Waals surface area contributed by atoms with Crippen LogP contribution in [0, 0.1) is 6.92 Å². The molecule has 0 aliphatic carbocycles. The smallest absolute Gasteiger partial charge is 0.408 e. The lowest BCUT2D eigenvalue weighted by Gasteiger charge is -2.25. The van der Waals surface area contributed by atoms with Gasteiger partial charge in [-0.15, -0.1) is 0 Å². The van der Waals surface area contributed by atoms with Gasteiger partial charge in [-0.3, -0.25) is 4.79 Å². The van der Waals surface area contributed by atoms with Gasteiger partial charge in [0.05, 0.1) is 12.7 Å². The first-order chi connectivity index (χ1) is 14.9. The van der Waals surface area contributed by atoms with Gasteiger partial charge in [-0.05, 0) is 39.3 Å². The van der Waals surface area contributed by atoms with Crippen LogP contribution in [0.4, 0.5) is 4.79 Å². The number of phenolic OH excluding ortho intramolecular Hbond substituents is 1. The Morgan fingerprint density at radius 3 is 2.59 bits per heavy atom. The quantitative estimate of drug-likeness (QED) is 0.436. The van der Waals surface area contributed by atoms with Crippen molar-refractivity contribution in [2.45, 2.75) is 51.1 Å². The molecule has 32 heavy (non-hydrogen) atoms. The summed E-state index contributed by atoms with van der Waals surface area (Å²) in [6.45, 7) is 6.03. The normalized spacial score (nSPS) is 19.9. The van der Waals surface area contributed by atoms with Gasteiger partial charge < -0.3 is 30.0 Å². The third-order valence-corrected chi connectivity index (χ3v) is 5.54. The molecule has 1 heterocycles. The molecule has 2 amide bonds. The number of methoxy groups -OCH3 is 1. The summed E-state index contributed by atoms with van der Waals surface area (Å²) < 4.78 is 15.3.